The van der Waals surface area contributed by atoms with Gasteiger partial charge in [0.2, 0.25) is 5.78 Å². The fraction of sp³-hybridized carbons (Fsp3) is 0.500. The van der Waals surface area contributed by atoms with Gasteiger partial charge in [-0.1, -0.05) is 38.8 Å². The highest BCUT2D eigenvalue weighted by Crippen LogP contribution is 2.38. The van der Waals surface area contributed by atoms with Gasteiger partial charge in [-0.15, -0.1) is 0 Å². The second-order valence-corrected chi connectivity index (χ2v) is 12.2. The number of rotatable bonds is 3. The molecule has 0 saturated heterocycles. The van der Waals surface area contributed by atoms with E-state index in [0.717, 1.165) is 0 Å². The van der Waals surface area contributed by atoms with Crippen LogP contribution in [0.1, 0.15) is 45.0 Å². The molecule has 0 heterocycles. The number of Topliss-reactive ketones (excluding diaryl/α,β-unsaturated/α-hetero) is 1. The summed E-state index contributed by atoms with van der Waals surface area (Å²) < 4.78 is 6.24. The molecule has 0 bridgehead atoms. The van der Waals surface area contributed by atoms with Crippen LogP contribution in [-0.2, 0) is 0 Å². The molecule has 1 aromatic carbocycles. The molecule has 3 nitrogen and oxygen atoms in total. The minimum atomic E-state index is -2.03. The number of hydrogen-bond donors (Lipinski definition) is 1. The third-order valence-electron chi connectivity index (χ3n) is 3.78. The maximum Gasteiger partial charge on any atom is 0.250 e. The SMILES string of the molecule is CC(C)(O)C#CC(=O)c1ccccc1O[Si](C)(C)C(C)(C)C. The Balaban J connectivity index is 3.15. The third-order valence-corrected chi connectivity index (χ3v) is 8.13. The Labute approximate surface area is 134 Å². The fourth-order valence-corrected chi connectivity index (χ4v) is 2.48. The molecular formula is C18H26O3Si. The van der Waals surface area contributed by atoms with E-state index in [9.17, 15) is 9.90 Å². The van der Waals surface area contributed by atoms with Crippen molar-refractivity contribution in [3.05, 3.63) is 29.8 Å². The summed E-state index contributed by atoms with van der Waals surface area (Å²) in [5.74, 6) is 5.29. The quantitative estimate of drug-likeness (QED) is 0.396. The van der Waals surface area contributed by atoms with Gasteiger partial charge in [0.15, 0.2) is 0 Å². The van der Waals surface area contributed by atoms with Gasteiger partial charge in [-0.3, -0.25) is 4.79 Å². The Bertz CT molecular complexity index is 608. The summed E-state index contributed by atoms with van der Waals surface area (Å²) in [6.07, 6.45) is 0. The number of ketones is 1. The van der Waals surface area contributed by atoms with E-state index in [-0.39, 0.29) is 10.8 Å². The normalized spacial score (nSPS) is 12.4. The van der Waals surface area contributed by atoms with Crippen molar-refractivity contribution in [3.8, 4) is 17.6 Å². The van der Waals surface area contributed by atoms with Gasteiger partial charge in [-0.2, -0.15) is 0 Å². The molecule has 0 saturated carbocycles. The van der Waals surface area contributed by atoms with Gasteiger partial charge >= 0.3 is 0 Å². The van der Waals surface area contributed by atoms with Gasteiger partial charge in [-0.05, 0) is 50.0 Å². The average molecular weight is 318 g/mol. The molecule has 0 aliphatic heterocycles. The van der Waals surface area contributed by atoms with E-state index in [1.54, 1.807) is 32.0 Å². The number of carbonyl (C=O) groups excluding carboxylic acids is 1. The second-order valence-electron chi connectivity index (χ2n) is 7.50. The first-order valence-electron chi connectivity index (χ1n) is 7.41. The van der Waals surface area contributed by atoms with Gasteiger partial charge < -0.3 is 9.53 Å². The summed E-state index contributed by atoms with van der Waals surface area (Å²) in [6.45, 7) is 13.8. The van der Waals surface area contributed by atoms with Crippen LogP contribution in [0.5, 0.6) is 5.75 Å². The summed E-state index contributed by atoms with van der Waals surface area (Å²) >= 11 is 0. The van der Waals surface area contributed by atoms with Crippen molar-refractivity contribution in [2.24, 2.45) is 0 Å². The van der Waals surface area contributed by atoms with Crippen LogP contribution in [0.4, 0.5) is 0 Å². The number of benzene rings is 1. The van der Waals surface area contributed by atoms with Crippen LogP contribution < -0.4 is 4.43 Å². The summed E-state index contributed by atoms with van der Waals surface area (Å²) in [4.78, 5) is 12.3. The van der Waals surface area contributed by atoms with Crippen LogP contribution in [0.2, 0.25) is 18.1 Å². The summed E-state index contributed by atoms with van der Waals surface area (Å²) in [7, 11) is -2.03. The minimum Gasteiger partial charge on any atom is -0.543 e. The maximum atomic E-state index is 12.3. The highest BCUT2D eigenvalue weighted by atomic mass is 28.4. The molecule has 1 N–H and O–H groups in total. The van der Waals surface area contributed by atoms with E-state index in [1.165, 1.54) is 0 Å². The number of para-hydroxylation sites is 1. The Morgan fingerprint density at radius 1 is 1.14 bits per heavy atom. The van der Waals surface area contributed by atoms with E-state index >= 15 is 0 Å². The molecular weight excluding hydrogens is 292 g/mol. The zero-order valence-corrected chi connectivity index (χ0v) is 15.6. The van der Waals surface area contributed by atoms with Gasteiger partial charge in [0.1, 0.15) is 11.4 Å². The molecule has 1 rings (SSSR count). The fourth-order valence-electron chi connectivity index (χ4n) is 1.45. The molecule has 0 spiro atoms. The maximum absolute atomic E-state index is 12.3. The van der Waals surface area contributed by atoms with E-state index in [1.807, 2.05) is 6.07 Å². The monoisotopic (exact) mass is 318 g/mol. The smallest absolute Gasteiger partial charge is 0.250 e. The summed E-state index contributed by atoms with van der Waals surface area (Å²) in [5, 5.41) is 9.67. The predicted octanol–water partition coefficient (Wildman–Crippen LogP) is 4.03. The largest absolute Gasteiger partial charge is 0.543 e. The first-order chi connectivity index (χ1) is 9.83. The van der Waals surface area contributed by atoms with Gasteiger partial charge in [0.25, 0.3) is 8.32 Å². The lowest BCUT2D eigenvalue weighted by Gasteiger charge is -2.36. The van der Waals surface area contributed by atoms with Crippen molar-refractivity contribution < 1.29 is 14.3 Å². The van der Waals surface area contributed by atoms with Crippen molar-refractivity contribution in [2.75, 3.05) is 0 Å². The van der Waals surface area contributed by atoms with E-state index in [0.29, 0.717) is 11.3 Å². The Morgan fingerprint density at radius 3 is 2.18 bits per heavy atom. The zero-order chi connectivity index (χ0) is 17.2. The Kier molecular flexibility index (Phi) is 5.27. The highest BCUT2D eigenvalue weighted by Gasteiger charge is 2.39. The van der Waals surface area contributed by atoms with Crippen LogP contribution in [0, 0.1) is 11.8 Å². The lowest BCUT2D eigenvalue weighted by Crippen LogP contribution is -2.44. The zero-order valence-electron chi connectivity index (χ0n) is 14.6. The summed E-state index contributed by atoms with van der Waals surface area (Å²) in [6, 6.07) is 7.16. The Hall–Kier alpha value is -1.57. The molecule has 0 aromatic heterocycles. The first-order valence-corrected chi connectivity index (χ1v) is 10.3. The third kappa shape index (κ3) is 5.01. The van der Waals surface area contributed by atoms with Crippen molar-refractivity contribution in [1.29, 1.82) is 0 Å². The van der Waals surface area contributed by atoms with E-state index < -0.39 is 13.9 Å². The van der Waals surface area contributed by atoms with E-state index in [2.05, 4.69) is 45.7 Å². The Morgan fingerprint density at radius 2 is 1.68 bits per heavy atom. The van der Waals surface area contributed by atoms with Crippen molar-refractivity contribution in [1.82, 2.24) is 0 Å². The van der Waals surface area contributed by atoms with Gasteiger partial charge in [-0.25, -0.2) is 0 Å². The van der Waals surface area contributed by atoms with Crippen LogP contribution in [0.3, 0.4) is 0 Å². The molecule has 0 unspecified atom stereocenters. The molecule has 0 radical (unpaired) electrons. The molecule has 0 aliphatic rings. The first kappa shape index (κ1) is 18.5. The molecule has 0 aliphatic carbocycles. The highest BCUT2D eigenvalue weighted by molar-refractivity contribution is 6.74. The molecule has 120 valence electrons. The number of carbonyl (C=O) groups is 1. The van der Waals surface area contributed by atoms with Gasteiger partial charge in [0.05, 0.1) is 5.56 Å². The number of hydrogen-bond acceptors (Lipinski definition) is 3. The number of aliphatic hydroxyl groups is 1. The van der Waals surface area contributed by atoms with Gasteiger partial charge in [0, 0.05) is 0 Å². The molecule has 0 fully saturated rings. The molecule has 22 heavy (non-hydrogen) atoms. The molecule has 1 aromatic rings. The van der Waals surface area contributed by atoms with Crippen molar-refractivity contribution >= 4 is 14.1 Å². The van der Waals surface area contributed by atoms with Crippen LogP contribution in [0.15, 0.2) is 24.3 Å². The van der Waals surface area contributed by atoms with Crippen LogP contribution >= 0.6 is 0 Å². The topological polar surface area (TPSA) is 46.5 Å². The van der Waals surface area contributed by atoms with Crippen molar-refractivity contribution in [3.63, 3.8) is 0 Å². The van der Waals surface area contributed by atoms with Crippen LogP contribution in [0.25, 0.3) is 0 Å². The molecule has 0 amide bonds. The van der Waals surface area contributed by atoms with Crippen molar-refractivity contribution in [2.45, 2.75) is 58.4 Å². The predicted molar refractivity (Wildman–Crippen MR) is 92.7 cm³/mol. The molecule has 4 heteroatoms. The molecule has 0 atom stereocenters. The van der Waals surface area contributed by atoms with E-state index in [4.69, 9.17) is 4.43 Å². The second kappa shape index (κ2) is 6.27. The summed E-state index contributed by atoms with van der Waals surface area (Å²) in [5.41, 5.74) is -0.741. The standard InChI is InChI=1S/C18H26O3Si/c1-17(2,3)22(6,7)21-16-11-9-8-10-14(16)15(19)12-13-18(4,5)20/h8-11,20H,1-7H3. The average Bonchev–Trinajstić information content (AvgIpc) is 2.34. The van der Waals surface area contributed by atoms with Crippen LogP contribution in [-0.4, -0.2) is 24.8 Å². The minimum absolute atomic E-state index is 0.0436. The lowest BCUT2D eigenvalue weighted by atomic mass is 10.1. The lowest BCUT2D eigenvalue weighted by molar-refractivity contribution is 0.105.